The van der Waals surface area contributed by atoms with Gasteiger partial charge in [-0.2, -0.15) is 0 Å². The van der Waals surface area contributed by atoms with Crippen molar-refractivity contribution in [2.24, 2.45) is 0 Å². The molecule has 138 valence electrons. The molecule has 0 saturated carbocycles. The van der Waals surface area contributed by atoms with Crippen LogP contribution in [0.4, 0.5) is 5.82 Å². The van der Waals surface area contributed by atoms with Crippen molar-refractivity contribution in [1.29, 1.82) is 0 Å². The van der Waals surface area contributed by atoms with Crippen molar-refractivity contribution in [3.8, 4) is 11.3 Å². The van der Waals surface area contributed by atoms with E-state index in [0.29, 0.717) is 25.3 Å². The van der Waals surface area contributed by atoms with Crippen molar-refractivity contribution in [2.45, 2.75) is 26.2 Å². The van der Waals surface area contributed by atoms with Gasteiger partial charge in [0.1, 0.15) is 0 Å². The smallest absolute Gasteiger partial charge is 0.251 e. The van der Waals surface area contributed by atoms with Crippen LogP contribution in [-0.2, 0) is 4.74 Å². The molecule has 26 heavy (non-hydrogen) atoms. The summed E-state index contributed by atoms with van der Waals surface area (Å²) in [5, 5.41) is 11.6. The number of amides is 1. The lowest BCUT2D eigenvalue weighted by atomic mass is 10.1. The first-order chi connectivity index (χ1) is 12.8. The Balaban J connectivity index is 1.56. The van der Waals surface area contributed by atoms with Crippen LogP contribution in [-0.4, -0.2) is 49.0 Å². The summed E-state index contributed by atoms with van der Waals surface area (Å²) in [5.74, 6) is 0.873. The first-order valence-electron chi connectivity index (χ1n) is 9.33. The maximum absolute atomic E-state index is 12.1. The van der Waals surface area contributed by atoms with Gasteiger partial charge in [-0.15, -0.1) is 10.2 Å². The first kappa shape index (κ1) is 18.3. The van der Waals surface area contributed by atoms with E-state index >= 15 is 0 Å². The molecule has 6 nitrogen and oxygen atoms in total. The standard InChI is InChI=1S/C20H26N4O2/c1-2-26-15-5-12-21-20(25)17-8-6-16(7-9-17)18-10-11-19(23-22-18)24-13-3-4-14-24/h6-11H,2-5,12-15H2,1H3,(H,21,25). The van der Waals surface area contributed by atoms with Gasteiger partial charge in [-0.05, 0) is 50.5 Å². The molecule has 0 radical (unpaired) electrons. The summed E-state index contributed by atoms with van der Waals surface area (Å²) in [6, 6.07) is 11.5. The number of benzene rings is 1. The third kappa shape index (κ3) is 4.79. The van der Waals surface area contributed by atoms with Crippen molar-refractivity contribution in [1.82, 2.24) is 15.5 Å². The fraction of sp³-hybridized carbons (Fsp3) is 0.450. The number of anilines is 1. The molecule has 2 aromatic rings. The lowest BCUT2D eigenvalue weighted by Gasteiger charge is -2.15. The molecule has 6 heteroatoms. The largest absolute Gasteiger partial charge is 0.382 e. The lowest BCUT2D eigenvalue weighted by Crippen LogP contribution is -2.25. The minimum absolute atomic E-state index is 0.0662. The molecule has 1 aromatic carbocycles. The van der Waals surface area contributed by atoms with Gasteiger partial charge >= 0.3 is 0 Å². The summed E-state index contributed by atoms with van der Waals surface area (Å²) in [6.45, 7) is 6.07. The van der Waals surface area contributed by atoms with E-state index in [1.807, 2.05) is 43.3 Å². The molecule has 1 aliphatic heterocycles. The average Bonchev–Trinajstić information content (AvgIpc) is 3.23. The fourth-order valence-corrected chi connectivity index (χ4v) is 3.01. The maximum atomic E-state index is 12.1. The Bertz CT molecular complexity index is 695. The quantitative estimate of drug-likeness (QED) is 0.738. The Morgan fingerprint density at radius 3 is 2.54 bits per heavy atom. The first-order valence-corrected chi connectivity index (χ1v) is 9.33. The van der Waals surface area contributed by atoms with Gasteiger partial charge in [0.25, 0.3) is 5.91 Å². The van der Waals surface area contributed by atoms with Crippen LogP contribution < -0.4 is 10.2 Å². The lowest BCUT2D eigenvalue weighted by molar-refractivity contribution is 0.0944. The molecule has 1 aliphatic rings. The van der Waals surface area contributed by atoms with Crippen LogP contribution >= 0.6 is 0 Å². The Labute approximate surface area is 154 Å². The molecule has 0 aliphatic carbocycles. The minimum Gasteiger partial charge on any atom is -0.382 e. The monoisotopic (exact) mass is 354 g/mol. The number of hydrogen-bond acceptors (Lipinski definition) is 5. The molecule has 1 amide bonds. The zero-order valence-electron chi connectivity index (χ0n) is 15.3. The molecule has 0 bridgehead atoms. The molecule has 2 heterocycles. The molecule has 1 N–H and O–H groups in total. The molecule has 1 fully saturated rings. The third-order valence-corrected chi connectivity index (χ3v) is 4.48. The Hall–Kier alpha value is -2.47. The van der Waals surface area contributed by atoms with Gasteiger partial charge in [-0.1, -0.05) is 12.1 Å². The van der Waals surface area contributed by atoms with Gasteiger partial charge in [0.05, 0.1) is 5.69 Å². The summed E-state index contributed by atoms with van der Waals surface area (Å²) in [7, 11) is 0. The number of ether oxygens (including phenoxy) is 1. The summed E-state index contributed by atoms with van der Waals surface area (Å²) < 4.78 is 5.26. The highest BCUT2D eigenvalue weighted by atomic mass is 16.5. The number of carbonyl (C=O) groups excluding carboxylic acids is 1. The number of rotatable bonds is 8. The zero-order chi connectivity index (χ0) is 18.2. The summed E-state index contributed by atoms with van der Waals surface area (Å²) in [5.41, 5.74) is 2.42. The molecular formula is C20H26N4O2. The van der Waals surface area contributed by atoms with Crippen LogP contribution in [0.2, 0.25) is 0 Å². The van der Waals surface area contributed by atoms with Crippen molar-refractivity contribution in [3.05, 3.63) is 42.0 Å². The van der Waals surface area contributed by atoms with Gasteiger partial charge in [0.15, 0.2) is 5.82 Å². The van der Waals surface area contributed by atoms with Crippen LogP contribution in [0.3, 0.4) is 0 Å². The molecule has 0 spiro atoms. The van der Waals surface area contributed by atoms with Crippen LogP contribution in [0.25, 0.3) is 11.3 Å². The highest BCUT2D eigenvalue weighted by molar-refractivity contribution is 5.94. The normalized spacial score (nSPS) is 13.8. The topological polar surface area (TPSA) is 67.3 Å². The second-order valence-corrected chi connectivity index (χ2v) is 6.35. The number of aromatic nitrogens is 2. The van der Waals surface area contributed by atoms with Crippen LogP contribution in [0.5, 0.6) is 0 Å². The van der Waals surface area contributed by atoms with Crippen LogP contribution in [0, 0.1) is 0 Å². The summed E-state index contributed by atoms with van der Waals surface area (Å²) in [4.78, 5) is 14.4. The van der Waals surface area contributed by atoms with Crippen molar-refractivity contribution in [2.75, 3.05) is 37.7 Å². The zero-order valence-corrected chi connectivity index (χ0v) is 15.3. The minimum atomic E-state index is -0.0662. The molecule has 3 rings (SSSR count). The predicted octanol–water partition coefficient (Wildman–Crippen LogP) is 2.90. The Morgan fingerprint density at radius 2 is 1.88 bits per heavy atom. The van der Waals surface area contributed by atoms with E-state index in [9.17, 15) is 4.79 Å². The number of nitrogens with zero attached hydrogens (tertiary/aromatic N) is 3. The van der Waals surface area contributed by atoms with E-state index in [1.54, 1.807) is 0 Å². The Kier molecular flexibility index (Phi) is 6.55. The van der Waals surface area contributed by atoms with E-state index in [4.69, 9.17) is 4.74 Å². The highest BCUT2D eigenvalue weighted by Crippen LogP contribution is 2.21. The number of carbonyl (C=O) groups is 1. The molecular weight excluding hydrogens is 328 g/mol. The summed E-state index contributed by atoms with van der Waals surface area (Å²) >= 11 is 0. The predicted molar refractivity (Wildman–Crippen MR) is 102 cm³/mol. The van der Waals surface area contributed by atoms with Crippen molar-refractivity contribution < 1.29 is 9.53 Å². The second-order valence-electron chi connectivity index (χ2n) is 6.35. The molecule has 0 atom stereocenters. The van der Waals surface area contributed by atoms with Crippen LogP contribution in [0.15, 0.2) is 36.4 Å². The molecule has 0 unspecified atom stereocenters. The average molecular weight is 354 g/mol. The summed E-state index contributed by atoms with van der Waals surface area (Å²) in [6.07, 6.45) is 3.26. The van der Waals surface area contributed by atoms with Gasteiger partial charge < -0.3 is 15.0 Å². The van der Waals surface area contributed by atoms with E-state index in [0.717, 1.165) is 36.6 Å². The third-order valence-electron chi connectivity index (χ3n) is 4.48. The number of nitrogens with one attached hydrogen (secondary N) is 1. The molecule has 1 aromatic heterocycles. The van der Waals surface area contributed by atoms with Crippen LogP contribution in [0.1, 0.15) is 36.5 Å². The highest BCUT2D eigenvalue weighted by Gasteiger charge is 2.14. The van der Waals surface area contributed by atoms with E-state index in [1.165, 1.54) is 12.8 Å². The SMILES string of the molecule is CCOCCCNC(=O)c1ccc(-c2ccc(N3CCCC3)nn2)cc1. The van der Waals surface area contributed by atoms with Gasteiger partial charge in [0, 0.05) is 44.0 Å². The van der Waals surface area contributed by atoms with Crippen molar-refractivity contribution >= 4 is 11.7 Å². The van der Waals surface area contributed by atoms with E-state index in [-0.39, 0.29) is 5.91 Å². The molecule has 1 saturated heterocycles. The fourth-order valence-electron chi connectivity index (χ4n) is 3.01. The van der Waals surface area contributed by atoms with E-state index < -0.39 is 0 Å². The van der Waals surface area contributed by atoms with Crippen molar-refractivity contribution in [3.63, 3.8) is 0 Å². The van der Waals surface area contributed by atoms with Gasteiger partial charge in [0.2, 0.25) is 0 Å². The van der Waals surface area contributed by atoms with Gasteiger partial charge in [-0.25, -0.2) is 0 Å². The Morgan fingerprint density at radius 1 is 1.12 bits per heavy atom. The second kappa shape index (κ2) is 9.29. The maximum Gasteiger partial charge on any atom is 0.251 e. The van der Waals surface area contributed by atoms with Gasteiger partial charge in [-0.3, -0.25) is 4.79 Å². The van der Waals surface area contributed by atoms with E-state index in [2.05, 4.69) is 20.4 Å². The number of hydrogen-bond donors (Lipinski definition) is 1.